The minimum Gasteiger partial charge on any atom is -0.308 e. The molecule has 1 aliphatic heterocycles. The summed E-state index contributed by atoms with van der Waals surface area (Å²) in [6.07, 6.45) is 0. The SMILES string of the molecule is c1ccc(-c2cc(-c3ccccc3)nc(-c3ccc(-n4c5ccccc5c5c6ccccc6c6c(c54)Sc4ccccc4S6)cc3)n2)cc1. The van der Waals surface area contributed by atoms with Crippen molar-refractivity contribution in [3.63, 3.8) is 0 Å². The van der Waals surface area contributed by atoms with E-state index >= 15 is 0 Å². The van der Waals surface area contributed by atoms with Gasteiger partial charge in [0.05, 0.1) is 27.3 Å². The van der Waals surface area contributed by atoms with Gasteiger partial charge in [0.2, 0.25) is 0 Å². The zero-order valence-corrected chi connectivity index (χ0v) is 27.9. The van der Waals surface area contributed by atoms with E-state index in [9.17, 15) is 0 Å². The highest BCUT2D eigenvalue weighted by atomic mass is 32.2. The van der Waals surface area contributed by atoms with E-state index in [4.69, 9.17) is 9.97 Å². The average Bonchev–Trinajstić information content (AvgIpc) is 3.53. The highest BCUT2D eigenvalue weighted by molar-refractivity contribution is 8.05. The summed E-state index contributed by atoms with van der Waals surface area (Å²) in [6.45, 7) is 0. The third-order valence-corrected chi connectivity index (χ3v) is 11.9. The van der Waals surface area contributed by atoms with Crippen molar-refractivity contribution in [2.45, 2.75) is 19.6 Å². The van der Waals surface area contributed by atoms with Crippen molar-refractivity contribution in [1.82, 2.24) is 14.5 Å². The average molecular weight is 662 g/mol. The Balaban J connectivity index is 1.18. The molecule has 0 saturated heterocycles. The number of fused-ring (bicyclic) bond motifs is 9. The van der Waals surface area contributed by atoms with Crippen LogP contribution in [0.15, 0.2) is 183 Å². The third-order valence-electron chi connectivity index (χ3n) is 9.26. The summed E-state index contributed by atoms with van der Waals surface area (Å²) < 4.78 is 2.46. The normalized spacial score (nSPS) is 12.3. The molecule has 0 aliphatic carbocycles. The van der Waals surface area contributed by atoms with E-state index in [-0.39, 0.29) is 0 Å². The zero-order chi connectivity index (χ0) is 32.3. The molecule has 0 atom stereocenters. The summed E-state index contributed by atoms with van der Waals surface area (Å²) in [5.74, 6) is 0.709. The molecule has 0 saturated carbocycles. The second kappa shape index (κ2) is 11.5. The second-order valence-corrected chi connectivity index (χ2v) is 14.3. The highest BCUT2D eigenvalue weighted by Gasteiger charge is 2.27. The van der Waals surface area contributed by atoms with Crippen LogP contribution in [0.3, 0.4) is 0 Å². The predicted octanol–water partition coefficient (Wildman–Crippen LogP) is 12.3. The van der Waals surface area contributed by atoms with Gasteiger partial charge in [-0.1, -0.05) is 139 Å². The van der Waals surface area contributed by atoms with E-state index < -0.39 is 0 Å². The molecule has 49 heavy (non-hydrogen) atoms. The van der Waals surface area contributed by atoms with Crippen molar-refractivity contribution in [3.8, 4) is 39.6 Å². The fourth-order valence-corrected chi connectivity index (χ4v) is 9.55. The molecule has 0 spiro atoms. The Labute approximate surface area is 292 Å². The molecule has 1 aliphatic rings. The van der Waals surface area contributed by atoms with Crippen LogP contribution in [0.4, 0.5) is 0 Å². The first kappa shape index (κ1) is 28.4. The first-order chi connectivity index (χ1) is 24.3. The van der Waals surface area contributed by atoms with Gasteiger partial charge in [-0.3, -0.25) is 0 Å². The van der Waals surface area contributed by atoms with E-state index in [1.807, 2.05) is 35.7 Å². The summed E-state index contributed by atoms with van der Waals surface area (Å²) in [4.78, 5) is 15.4. The van der Waals surface area contributed by atoms with E-state index in [2.05, 4.69) is 156 Å². The Morgan fingerprint density at radius 3 is 1.61 bits per heavy atom. The molecule has 7 aromatic carbocycles. The maximum absolute atomic E-state index is 5.08. The van der Waals surface area contributed by atoms with Crippen molar-refractivity contribution >= 4 is 56.1 Å². The van der Waals surface area contributed by atoms with E-state index in [0.29, 0.717) is 5.82 Å². The van der Waals surface area contributed by atoms with Crippen LogP contribution in [0.5, 0.6) is 0 Å². The van der Waals surface area contributed by atoms with Crippen LogP contribution in [0, 0.1) is 0 Å². The smallest absolute Gasteiger partial charge is 0.160 e. The van der Waals surface area contributed by atoms with Crippen molar-refractivity contribution in [1.29, 1.82) is 0 Å². The van der Waals surface area contributed by atoms with E-state index in [1.54, 1.807) is 0 Å². The number of hydrogen-bond donors (Lipinski definition) is 0. The minimum absolute atomic E-state index is 0.709. The molecule has 10 rings (SSSR count). The Morgan fingerprint density at radius 1 is 0.429 bits per heavy atom. The quantitative estimate of drug-likeness (QED) is 0.188. The lowest BCUT2D eigenvalue weighted by atomic mass is 10.0. The molecule has 2 aromatic heterocycles. The van der Waals surface area contributed by atoms with Gasteiger partial charge in [0.1, 0.15) is 0 Å². The monoisotopic (exact) mass is 661 g/mol. The molecular weight excluding hydrogens is 635 g/mol. The highest BCUT2D eigenvalue weighted by Crippen LogP contribution is 2.55. The molecule has 0 radical (unpaired) electrons. The van der Waals surface area contributed by atoms with Gasteiger partial charge in [-0.05, 0) is 59.3 Å². The number of rotatable bonds is 4. The van der Waals surface area contributed by atoms with Crippen molar-refractivity contribution in [3.05, 3.63) is 164 Å². The lowest BCUT2D eigenvalue weighted by molar-refractivity contribution is 1.12. The van der Waals surface area contributed by atoms with Gasteiger partial charge in [-0.2, -0.15) is 0 Å². The fraction of sp³-hybridized carbons (Fsp3) is 0. The van der Waals surface area contributed by atoms with Crippen LogP contribution in [0.25, 0.3) is 72.2 Å². The Morgan fingerprint density at radius 2 is 0.959 bits per heavy atom. The summed E-state index contributed by atoms with van der Waals surface area (Å²) in [5.41, 5.74) is 8.49. The zero-order valence-electron chi connectivity index (χ0n) is 26.2. The number of nitrogens with zero attached hydrogens (tertiary/aromatic N) is 3. The topological polar surface area (TPSA) is 30.7 Å². The molecule has 0 N–H and O–H groups in total. The second-order valence-electron chi connectivity index (χ2n) is 12.2. The molecule has 0 unspecified atom stereocenters. The van der Waals surface area contributed by atoms with Gasteiger partial charge in [0.25, 0.3) is 0 Å². The van der Waals surface area contributed by atoms with E-state index in [0.717, 1.165) is 33.8 Å². The maximum Gasteiger partial charge on any atom is 0.160 e. The first-order valence-electron chi connectivity index (χ1n) is 16.3. The fourth-order valence-electron chi connectivity index (χ4n) is 7.01. The van der Waals surface area contributed by atoms with Crippen LogP contribution in [-0.4, -0.2) is 14.5 Å². The Hall–Kier alpha value is -5.62. The Bertz CT molecular complexity index is 2640. The predicted molar refractivity (Wildman–Crippen MR) is 205 cm³/mol. The standard InChI is InChI=1S/C44H27N3S2/c1-3-13-28(14-4-1)35-27-36(29-15-5-2-6-16-29)46-44(45-35)30-23-25-31(26-24-30)47-37-20-10-9-19-34(37)40-32-17-7-8-18-33(32)42-43(41(40)47)49-39-22-12-11-21-38(39)48-42/h1-27H. The number of benzene rings is 7. The van der Waals surface area contributed by atoms with Crippen LogP contribution in [0.1, 0.15) is 0 Å². The van der Waals surface area contributed by atoms with Crippen LogP contribution < -0.4 is 0 Å². The maximum atomic E-state index is 5.08. The molecule has 230 valence electrons. The number of aromatic nitrogens is 3. The molecule has 0 fully saturated rings. The minimum atomic E-state index is 0.709. The molecule has 3 nitrogen and oxygen atoms in total. The number of para-hydroxylation sites is 1. The number of hydrogen-bond acceptors (Lipinski definition) is 4. The van der Waals surface area contributed by atoms with Gasteiger partial charge in [-0.15, -0.1) is 0 Å². The molecule has 5 heteroatoms. The summed E-state index contributed by atoms with van der Waals surface area (Å²) in [5, 5.41) is 5.15. The van der Waals surface area contributed by atoms with Crippen LogP contribution in [-0.2, 0) is 0 Å². The summed E-state index contributed by atoms with van der Waals surface area (Å²) in [7, 11) is 0. The Kier molecular flexibility index (Phi) is 6.67. The molecular formula is C44H27N3S2. The van der Waals surface area contributed by atoms with Gasteiger partial charge in [0, 0.05) is 47.8 Å². The van der Waals surface area contributed by atoms with Crippen LogP contribution in [0.2, 0.25) is 0 Å². The lowest BCUT2D eigenvalue weighted by Gasteiger charge is -2.22. The van der Waals surface area contributed by atoms with Crippen molar-refractivity contribution in [2.24, 2.45) is 0 Å². The van der Waals surface area contributed by atoms with Crippen molar-refractivity contribution in [2.75, 3.05) is 0 Å². The summed E-state index contributed by atoms with van der Waals surface area (Å²) in [6, 6.07) is 58.0. The first-order valence-corrected chi connectivity index (χ1v) is 18.0. The van der Waals surface area contributed by atoms with Crippen LogP contribution >= 0.6 is 23.5 Å². The third kappa shape index (κ3) is 4.69. The molecule has 9 aromatic rings. The molecule has 0 amide bonds. The van der Waals surface area contributed by atoms with Gasteiger partial charge in [-0.25, -0.2) is 9.97 Å². The summed E-state index contributed by atoms with van der Waals surface area (Å²) >= 11 is 3.78. The van der Waals surface area contributed by atoms with Gasteiger partial charge >= 0.3 is 0 Å². The van der Waals surface area contributed by atoms with E-state index in [1.165, 1.54) is 52.2 Å². The molecule has 0 bridgehead atoms. The van der Waals surface area contributed by atoms with Gasteiger partial charge in [0.15, 0.2) is 5.82 Å². The largest absolute Gasteiger partial charge is 0.308 e. The van der Waals surface area contributed by atoms with Gasteiger partial charge < -0.3 is 4.57 Å². The lowest BCUT2D eigenvalue weighted by Crippen LogP contribution is -1.99. The van der Waals surface area contributed by atoms with Crippen molar-refractivity contribution < 1.29 is 0 Å². The molecule has 3 heterocycles.